The third kappa shape index (κ3) is 3.01. The largest absolute Gasteiger partial charge is 0.435 e. The van der Waals surface area contributed by atoms with Crippen LogP contribution in [0.2, 0.25) is 0 Å². The summed E-state index contributed by atoms with van der Waals surface area (Å²) < 4.78 is 31.1. The molecule has 10 heteroatoms. The molecule has 0 aliphatic rings. The van der Waals surface area contributed by atoms with E-state index in [1.54, 1.807) is 6.92 Å². The van der Waals surface area contributed by atoms with E-state index in [9.17, 15) is 23.2 Å². The molecule has 0 saturated carbocycles. The summed E-state index contributed by atoms with van der Waals surface area (Å²) in [5, 5.41) is 0. The Hall–Kier alpha value is -3.30. The minimum Gasteiger partial charge on any atom is -0.435 e. The first-order chi connectivity index (χ1) is 12.3. The highest BCUT2D eigenvalue weighted by atomic mass is 19.3. The molecule has 0 spiro atoms. The van der Waals surface area contributed by atoms with Crippen LogP contribution in [0.25, 0.3) is 11.2 Å². The van der Waals surface area contributed by atoms with Gasteiger partial charge in [-0.15, -0.1) is 0 Å². The zero-order valence-electron chi connectivity index (χ0n) is 13.8. The van der Waals surface area contributed by atoms with Crippen LogP contribution in [0, 0.1) is 0 Å². The molecular weight excluding hydrogens is 350 g/mol. The van der Waals surface area contributed by atoms with E-state index in [1.807, 2.05) is 0 Å². The van der Waals surface area contributed by atoms with Crippen LogP contribution in [0.3, 0.4) is 0 Å². The Balaban J connectivity index is 1.97. The van der Waals surface area contributed by atoms with E-state index in [4.69, 9.17) is 0 Å². The monoisotopic (exact) mass is 364 g/mol. The number of nitrogens with zero attached hydrogens (tertiary/aromatic N) is 3. The van der Waals surface area contributed by atoms with Gasteiger partial charge in [-0.05, 0) is 31.2 Å². The fraction of sp³-hybridized carbons (Fsp3) is 0.250. The van der Waals surface area contributed by atoms with Gasteiger partial charge in [-0.1, -0.05) is 0 Å². The molecule has 136 valence electrons. The molecule has 2 aromatic heterocycles. The van der Waals surface area contributed by atoms with Crippen molar-refractivity contribution in [2.75, 3.05) is 0 Å². The Morgan fingerprint density at radius 2 is 1.88 bits per heavy atom. The molecule has 2 heterocycles. The summed E-state index contributed by atoms with van der Waals surface area (Å²) in [5.41, 5.74) is -0.769. The van der Waals surface area contributed by atoms with Crippen LogP contribution < -0.4 is 16.0 Å². The highest BCUT2D eigenvalue weighted by molar-refractivity contribution is 5.99. The third-order valence-corrected chi connectivity index (χ3v) is 3.99. The fourth-order valence-corrected chi connectivity index (χ4v) is 2.61. The normalized spacial score (nSPS) is 12.5. The van der Waals surface area contributed by atoms with E-state index < -0.39 is 23.9 Å². The standard InChI is InChI=1S/C16H14F2N4O4/c1-8(12(23)9-3-5-10(6-4-9)26-15(17)18)22-7-19-13-11(22)14(24)20-16(25)21(13)2/h3-8,15H,1-2H3,(H,20,24,25)/t8-/m0/s1. The van der Waals surface area contributed by atoms with Gasteiger partial charge in [0.05, 0.1) is 12.4 Å². The van der Waals surface area contributed by atoms with E-state index in [1.165, 1.54) is 46.8 Å². The maximum Gasteiger partial charge on any atom is 0.387 e. The van der Waals surface area contributed by atoms with E-state index in [0.29, 0.717) is 0 Å². The Kier molecular flexibility index (Phi) is 4.41. The van der Waals surface area contributed by atoms with Gasteiger partial charge in [0.1, 0.15) is 5.75 Å². The van der Waals surface area contributed by atoms with E-state index in [-0.39, 0.29) is 28.3 Å². The zero-order chi connectivity index (χ0) is 19.0. The van der Waals surface area contributed by atoms with Crippen molar-refractivity contribution >= 4 is 16.9 Å². The summed E-state index contributed by atoms with van der Waals surface area (Å²) in [6.45, 7) is -1.39. The highest BCUT2D eigenvalue weighted by Gasteiger charge is 2.22. The summed E-state index contributed by atoms with van der Waals surface area (Å²) in [6, 6.07) is 4.43. The molecule has 3 aromatic rings. The molecular formula is C16H14F2N4O4. The molecule has 0 aliphatic heterocycles. The van der Waals surface area contributed by atoms with E-state index >= 15 is 0 Å². The lowest BCUT2D eigenvalue weighted by molar-refractivity contribution is -0.0498. The molecule has 0 unspecified atom stereocenters. The number of aryl methyl sites for hydroxylation is 1. The van der Waals surface area contributed by atoms with Gasteiger partial charge < -0.3 is 9.30 Å². The number of alkyl halides is 2. The number of carbonyl (C=O) groups excluding carboxylic acids is 1. The molecule has 3 rings (SSSR count). The molecule has 26 heavy (non-hydrogen) atoms. The van der Waals surface area contributed by atoms with Gasteiger partial charge in [0.2, 0.25) is 0 Å². The van der Waals surface area contributed by atoms with Gasteiger partial charge in [0.25, 0.3) is 5.56 Å². The van der Waals surface area contributed by atoms with E-state index in [0.717, 1.165) is 0 Å². The molecule has 1 N–H and O–H groups in total. The average molecular weight is 364 g/mol. The van der Waals surface area contributed by atoms with Gasteiger partial charge in [-0.2, -0.15) is 8.78 Å². The van der Waals surface area contributed by atoms with Crippen LogP contribution >= 0.6 is 0 Å². The van der Waals surface area contributed by atoms with Crippen LogP contribution in [0.5, 0.6) is 5.75 Å². The molecule has 1 aromatic carbocycles. The number of ether oxygens (including phenoxy) is 1. The Morgan fingerprint density at radius 1 is 1.23 bits per heavy atom. The van der Waals surface area contributed by atoms with Crippen LogP contribution in [0.15, 0.2) is 40.2 Å². The minimum absolute atomic E-state index is 0.0660. The summed E-state index contributed by atoms with van der Waals surface area (Å²) in [6.07, 6.45) is 1.30. The fourth-order valence-electron chi connectivity index (χ4n) is 2.61. The first-order valence-corrected chi connectivity index (χ1v) is 7.54. The minimum atomic E-state index is -2.95. The average Bonchev–Trinajstić information content (AvgIpc) is 3.04. The van der Waals surface area contributed by atoms with Gasteiger partial charge in [0.15, 0.2) is 16.9 Å². The van der Waals surface area contributed by atoms with Crippen molar-refractivity contribution in [2.45, 2.75) is 19.6 Å². The third-order valence-electron chi connectivity index (χ3n) is 3.99. The van der Waals surface area contributed by atoms with Gasteiger partial charge in [-0.25, -0.2) is 9.78 Å². The van der Waals surface area contributed by atoms with Crippen molar-refractivity contribution in [3.8, 4) is 5.75 Å². The first-order valence-electron chi connectivity index (χ1n) is 7.54. The number of carbonyl (C=O) groups is 1. The molecule has 0 radical (unpaired) electrons. The van der Waals surface area contributed by atoms with Crippen molar-refractivity contribution in [1.82, 2.24) is 19.1 Å². The topological polar surface area (TPSA) is 99.0 Å². The lowest BCUT2D eigenvalue weighted by Gasteiger charge is -2.13. The molecule has 0 saturated heterocycles. The predicted molar refractivity (Wildman–Crippen MR) is 87.7 cm³/mol. The number of ketones is 1. The number of rotatable bonds is 5. The SMILES string of the molecule is C[C@@H](C(=O)c1ccc(OC(F)F)cc1)n1cnc2c1c(=O)[nH]c(=O)n2C. The van der Waals surface area contributed by atoms with Crippen LogP contribution in [-0.4, -0.2) is 31.5 Å². The molecule has 1 atom stereocenters. The smallest absolute Gasteiger partial charge is 0.387 e. The lowest BCUT2D eigenvalue weighted by Crippen LogP contribution is -2.30. The quantitative estimate of drug-likeness (QED) is 0.691. The second kappa shape index (κ2) is 6.54. The van der Waals surface area contributed by atoms with Gasteiger partial charge in [0, 0.05) is 12.6 Å². The summed E-state index contributed by atoms with van der Waals surface area (Å²) in [5.74, 6) is -0.426. The predicted octanol–water partition coefficient (Wildman–Crippen LogP) is 1.47. The summed E-state index contributed by atoms with van der Waals surface area (Å²) >= 11 is 0. The number of imidazole rings is 1. The summed E-state index contributed by atoms with van der Waals surface area (Å²) in [4.78, 5) is 42.6. The number of hydrogen-bond acceptors (Lipinski definition) is 5. The number of Topliss-reactive ketones (excluding diaryl/α,β-unsaturated/α-hetero) is 1. The second-order valence-electron chi connectivity index (χ2n) is 5.59. The number of aromatic amines is 1. The number of benzene rings is 1. The summed E-state index contributed by atoms with van der Waals surface area (Å²) in [7, 11) is 1.45. The van der Waals surface area contributed by atoms with E-state index in [2.05, 4.69) is 14.7 Å². The number of aromatic nitrogens is 4. The molecule has 0 fully saturated rings. The maximum absolute atomic E-state index is 12.7. The molecule has 0 amide bonds. The number of H-pyrrole nitrogens is 1. The van der Waals surface area contributed by atoms with Crippen LogP contribution in [0.1, 0.15) is 23.3 Å². The van der Waals surface area contributed by atoms with Crippen LogP contribution in [-0.2, 0) is 7.05 Å². The zero-order valence-corrected chi connectivity index (χ0v) is 13.8. The van der Waals surface area contributed by atoms with Crippen molar-refractivity contribution in [3.05, 3.63) is 57.0 Å². The highest BCUT2D eigenvalue weighted by Crippen LogP contribution is 2.21. The number of nitrogens with one attached hydrogen (secondary N) is 1. The lowest BCUT2D eigenvalue weighted by atomic mass is 10.1. The number of halogens is 2. The van der Waals surface area contributed by atoms with Crippen molar-refractivity contribution in [3.63, 3.8) is 0 Å². The van der Waals surface area contributed by atoms with Crippen molar-refractivity contribution in [1.29, 1.82) is 0 Å². The van der Waals surface area contributed by atoms with Crippen molar-refractivity contribution in [2.24, 2.45) is 7.05 Å². The van der Waals surface area contributed by atoms with Gasteiger partial charge >= 0.3 is 12.3 Å². The maximum atomic E-state index is 12.7. The first kappa shape index (κ1) is 17.5. The van der Waals surface area contributed by atoms with Crippen molar-refractivity contribution < 1.29 is 18.3 Å². The number of fused-ring (bicyclic) bond motifs is 1. The Labute approximate surface area is 144 Å². The Bertz CT molecular complexity index is 1080. The molecule has 0 bridgehead atoms. The van der Waals surface area contributed by atoms with Crippen LogP contribution in [0.4, 0.5) is 8.78 Å². The molecule has 8 nitrogen and oxygen atoms in total. The second-order valence-corrected chi connectivity index (χ2v) is 5.59. The molecule has 0 aliphatic carbocycles. The van der Waals surface area contributed by atoms with Gasteiger partial charge in [-0.3, -0.25) is 19.1 Å². The Morgan fingerprint density at radius 3 is 2.50 bits per heavy atom. The number of hydrogen-bond donors (Lipinski definition) is 1.